The first kappa shape index (κ1) is 18.0. The number of carbonyl (C=O) groups excluding carboxylic acids is 3. The number of nitrogens with one attached hydrogen (secondary N) is 1. The van der Waals surface area contributed by atoms with E-state index in [1.165, 1.54) is 18.2 Å². The minimum atomic E-state index is -0.829. The summed E-state index contributed by atoms with van der Waals surface area (Å²) in [6.07, 6.45) is 1.25. The van der Waals surface area contributed by atoms with E-state index in [1.807, 2.05) is 13.0 Å². The Morgan fingerprint density at radius 1 is 1.08 bits per heavy atom. The Labute approximate surface area is 158 Å². The lowest BCUT2D eigenvalue weighted by atomic mass is 10.1. The number of phenolic OH excluding ortho intramolecular Hbond substituents is 1. The standard InChI is InChI=1S/C18H12Cl2N2O4/c1-9-3-2-4-11(5-9)22-17(25)12(16(24)21-18(22)26)6-10-7-13(19)15(23)14(20)8-10/h2-8,23H,1H3,(H,21,24,26)/b12-6+. The molecular weight excluding hydrogens is 379 g/mol. The summed E-state index contributed by atoms with van der Waals surface area (Å²) in [6.45, 7) is 1.82. The number of halogens is 2. The average Bonchev–Trinajstić information content (AvgIpc) is 2.56. The molecule has 26 heavy (non-hydrogen) atoms. The number of barbiturate groups is 1. The summed E-state index contributed by atoms with van der Waals surface area (Å²) in [5.74, 6) is -1.90. The summed E-state index contributed by atoms with van der Waals surface area (Å²) in [7, 11) is 0. The third-order valence-electron chi connectivity index (χ3n) is 3.71. The molecule has 4 amide bonds. The van der Waals surface area contributed by atoms with Gasteiger partial charge >= 0.3 is 6.03 Å². The van der Waals surface area contributed by atoms with Crippen molar-refractivity contribution in [3.8, 4) is 5.75 Å². The molecule has 3 rings (SSSR count). The van der Waals surface area contributed by atoms with Gasteiger partial charge in [-0.2, -0.15) is 0 Å². The monoisotopic (exact) mass is 390 g/mol. The maximum absolute atomic E-state index is 12.8. The van der Waals surface area contributed by atoms with E-state index in [0.717, 1.165) is 10.5 Å². The van der Waals surface area contributed by atoms with Gasteiger partial charge in [0.05, 0.1) is 15.7 Å². The molecule has 2 aromatic rings. The van der Waals surface area contributed by atoms with E-state index in [4.69, 9.17) is 23.2 Å². The van der Waals surface area contributed by atoms with Crippen LogP contribution in [0.3, 0.4) is 0 Å². The minimum absolute atomic E-state index is 0.0281. The van der Waals surface area contributed by atoms with Gasteiger partial charge in [0.2, 0.25) is 0 Å². The molecule has 132 valence electrons. The molecule has 0 aromatic heterocycles. The van der Waals surface area contributed by atoms with Crippen LogP contribution >= 0.6 is 23.2 Å². The van der Waals surface area contributed by atoms with Gasteiger partial charge in [-0.3, -0.25) is 14.9 Å². The highest BCUT2D eigenvalue weighted by Gasteiger charge is 2.36. The largest absolute Gasteiger partial charge is 0.505 e. The molecule has 1 saturated heterocycles. The first-order valence-electron chi connectivity index (χ1n) is 7.44. The van der Waals surface area contributed by atoms with E-state index in [9.17, 15) is 19.5 Å². The van der Waals surface area contributed by atoms with E-state index in [2.05, 4.69) is 5.32 Å². The van der Waals surface area contributed by atoms with Crippen LogP contribution < -0.4 is 10.2 Å². The number of hydrogen-bond acceptors (Lipinski definition) is 4. The van der Waals surface area contributed by atoms with Crippen molar-refractivity contribution >= 4 is 52.8 Å². The lowest BCUT2D eigenvalue weighted by molar-refractivity contribution is -0.122. The normalized spacial score (nSPS) is 16.2. The average molecular weight is 391 g/mol. The smallest absolute Gasteiger partial charge is 0.335 e. The number of anilines is 1. The van der Waals surface area contributed by atoms with Crippen LogP contribution in [0.15, 0.2) is 42.0 Å². The van der Waals surface area contributed by atoms with Crippen molar-refractivity contribution < 1.29 is 19.5 Å². The summed E-state index contributed by atoms with van der Waals surface area (Å²) < 4.78 is 0. The molecule has 0 radical (unpaired) electrons. The second-order valence-electron chi connectivity index (χ2n) is 5.63. The number of aryl methyl sites for hydroxylation is 1. The van der Waals surface area contributed by atoms with Gasteiger partial charge < -0.3 is 5.11 Å². The van der Waals surface area contributed by atoms with E-state index in [1.54, 1.807) is 18.2 Å². The molecule has 2 aromatic carbocycles. The highest BCUT2D eigenvalue weighted by molar-refractivity contribution is 6.40. The second-order valence-corrected chi connectivity index (χ2v) is 6.44. The third-order valence-corrected chi connectivity index (χ3v) is 4.29. The van der Waals surface area contributed by atoms with Gasteiger partial charge in [0.15, 0.2) is 5.75 Å². The van der Waals surface area contributed by atoms with Crippen molar-refractivity contribution in [2.24, 2.45) is 0 Å². The number of rotatable bonds is 2. The Hall–Kier alpha value is -2.83. The molecule has 2 N–H and O–H groups in total. The van der Waals surface area contributed by atoms with Crippen molar-refractivity contribution in [3.63, 3.8) is 0 Å². The number of aromatic hydroxyl groups is 1. The molecular formula is C18H12Cl2N2O4. The first-order chi connectivity index (χ1) is 12.3. The maximum atomic E-state index is 12.8. The Kier molecular flexibility index (Phi) is 4.71. The molecule has 0 atom stereocenters. The van der Waals surface area contributed by atoms with Crippen molar-refractivity contribution in [2.75, 3.05) is 4.90 Å². The third kappa shape index (κ3) is 3.29. The first-order valence-corrected chi connectivity index (χ1v) is 8.19. The summed E-state index contributed by atoms with van der Waals surface area (Å²) in [4.78, 5) is 37.9. The van der Waals surface area contributed by atoms with E-state index >= 15 is 0 Å². The van der Waals surface area contributed by atoms with Gasteiger partial charge in [-0.05, 0) is 48.4 Å². The second kappa shape index (κ2) is 6.82. The number of urea groups is 1. The van der Waals surface area contributed by atoms with Crippen molar-refractivity contribution in [3.05, 3.63) is 63.1 Å². The molecule has 0 spiro atoms. The zero-order valence-corrected chi connectivity index (χ0v) is 14.9. The molecule has 0 aliphatic carbocycles. The van der Waals surface area contributed by atoms with Gasteiger partial charge in [-0.15, -0.1) is 0 Å². The Bertz CT molecular complexity index is 962. The zero-order chi connectivity index (χ0) is 19.0. The lowest BCUT2D eigenvalue weighted by Gasteiger charge is -2.26. The lowest BCUT2D eigenvalue weighted by Crippen LogP contribution is -2.54. The van der Waals surface area contributed by atoms with E-state index < -0.39 is 17.8 Å². The van der Waals surface area contributed by atoms with Gasteiger partial charge in [0.25, 0.3) is 11.8 Å². The maximum Gasteiger partial charge on any atom is 0.335 e. The Balaban J connectivity index is 2.06. The molecule has 0 bridgehead atoms. The van der Waals surface area contributed by atoms with Gasteiger partial charge in [-0.1, -0.05) is 35.3 Å². The summed E-state index contributed by atoms with van der Waals surface area (Å²) in [6, 6.07) is 8.63. The fraction of sp³-hybridized carbons (Fsp3) is 0.0556. The SMILES string of the molecule is Cc1cccc(N2C(=O)NC(=O)/C(=C\c3cc(Cl)c(O)c(Cl)c3)C2=O)c1. The molecule has 1 heterocycles. The number of nitrogens with zero attached hydrogens (tertiary/aromatic N) is 1. The number of carbonyl (C=O) groups is 3. The Morgan fingerprint density at radius 3 is 2.35 bits per heavy atom. The molecule has 0 unspecified atom stereocenters. The zero-order valence-electron chi connectivity index (χ0n) is 13.4. The fourth-order valence-electron chi connectivity index (χ4n) is 2.49. The van der Waals surface area contributed by atoms with Crippen molar-refractivity contribution in [1.82, 2.24) is 5.32 Å². The van der Waals surface area contributed by atoms with Crippen LogP contribution in [0.2, 0.25) is 10.0 Å². The topological polar surface area (TPSA) is 86.7 Å². The van der Waals surface area contributed by atoms with E-state index in [0.29, 0.717) is 11.3 Å². The van der Waals surface area contributed by atoms with Gasteiger partial charge in [0.1, 0.15) is 5.57 Å². The molecule has 8 heteroatoms. The number of phenols is 1. The van der Waals surface area contributed by atoms with Gasteiger partial charge in [-0.25, -0.2) is 9.69 Å². The fourth-order valence-corrected chi connectivity index (χ4v) is 3.00. The number of imide groups is 2. The highest BCUT2D eigenvalue weighted by atomic mass is 35.5. The number of amides is 4. The van der Waals surface area contributed by atoms with Crippen LogP contribution in [0.1, 0.15) is 11.1 Å². The van der Waals surface area contributed by atoms with Crippen LogP contribution in [0.4, 0.5) is 10.5 Å². The van der Waals surface area contributed by atoms with Crippen LogP contribution in [-0.2, 0) is 9.59 Å². The van der Waals surface area contributed by atoms with Crippen LogP contribution in [0.5, 0.6) is 5.75 Å². The van der Waals surface area contributed by atoms with Crippen LogP contribution in [0, 0.1) is 6.92 Å². The predicted octanol–water partition coefficient (Wildman–Crippen LogP) is 3.67. The number of benzene rings is 2. The molecule has 1 aliphatic heterocycles. The van der Waals surface area contributed by atoms with Crippen LogP contribution in [0.25, 0.3) is 6.08 Å². The number of hydrogen-bond donors (Lipinski definition) is 2. The molecule has 0 saturated carbocycles. The van der Waals surface area contributed by atoms with Crippen molar-refractivity contribution in [2.45, 2.75) is 6.92 Å². The predicted molar refractivity (Wildman–Crippen MR) is 98.3 cm³/mol. The molecule has 1 fully saturated rings. The van der Waals surface area contributed by atoms with Crippen molar-refractivity contribution in [1.29, 1.82) is 0 Å². The summed E-state index contributed by atoms with van der Waals surface area (Å²) >= 11 is 11.7. The quantitative estimate of drug-likeness (QED) is 0.604. The summed E-state index contributed by atoms with van der Waals surface area (Å²) in [5, 5.41) is 11.7. The highest BCUT2D eigenvalue weighted by Crippen LogP contribution is 2.33. The minimum Gasteiger partial charge on any atom is -0.505 e. The summed E-state index contributed by atoms with van der Waals surface area (Å²) in [5.41, 5.74) is 1.26. The van der Waals surface area contributed by atoms with E-state index in [-0.39, 0.29) is 21.4 Å². The molecule has 6 nitrogen and oxygen atoms in total. The van der Waals surface area contributed by atoms with Gasteiger partial charge in [0, 0.05) is 0 Å². The van der Waals surface area contributed by atoms with Crippen LogP contribution in [-0.4, -0.2) is 23.0 Å². The Morgan fingerprint density at radius 2 is 1.73 bits per heavy atom. The molecule has 1 aliphatic rings.